The van der Waals surface area contributed by atoms with Gasteiger partial charge >= 0.3 is 0 Å². The number of carbonyl (C=O) groups is 4. The van der Waals surface area contributed by atoms with Gasteiger partial charge in [0.25, 0.3) is 11.8 Å². The van der Waals surface area contributed by atoms with Gasteiger partial charge in [0.2, 0.25) is 17.7 Å². The monoisotopic (exact) mass is 682 g/mol. The molecular formula is C39H27FN4O5S. The summed E-state index contributed by atoms with van der Waals surface area (Å²) in [5, 5.41) is 4.73. The number of fused-ring (bicyclic) bond motifs is 1. The van der Waals surface area contributed by atoms with Crippen LogP contribution in [0.1, 0.15) is 22.3 Å². The SMILES string of the molecule is O=C(Nc1cccc(SC2CC(=O)N(c3ccc(-c4nc5ccccc5o4)cc3)C2=O)c1)C(=Cc1cccc(F)c1)NC(=O)c1ccccc1. The minimum atomic E-state index is -0.682. The number of halogens is 1. The van der Waals surface area contributed by atoms with E-state index in [4.69, 9.17) is 4.42 Å². The van der Waals surface area contributed by atoms with Gasteiger partial charge in [-0.2, -0.15) is 0 Å². The third-order valence-electron chi connectivity index (χ3n) is 7.83. The van der Waals surface area contributed by atoms with Crippen molar-refractivity contribution in [2.75, 3.05) is 10.2 Å². The Balaban J connectivity index is 1.04. The Morgan fingerprint density at radius 1 is 0.860 bits per heavy atom. The van der Waals surface area contributed by atoms with Crippen LogP contribution in [-0.2, 0) is 14.4 Å². The molecule has 1 aliphatic heterocycles. The molecule has 0 bridgehead atoms. The summed E-state index contributed by atoms with van der Waals surface area (Å²) in [5.74, 6) is -1.89. The molecule has 1 unspecified atom stereocenters. The van der Waals surface area contributed by atoms with Crippen molar-refractivity contribution < 1.29 is 28.0 Å². The van der Waals surface area contributed by atoms with E-state index in [1.807, 2.05) is 24.3 Å². The van der Waals surface area contributed by atoms with Crippen molar-refractivity contribution in [2.24, 2.45) is 0 Å². The van der Waals surface area contributed by atoms with E-state index in [-0.39, 0.29) is 23.9 Å². The molecule has 11 heteroatoms. The first-order valence-corrected chi connectivity index (χ1v) is 16.4. The topological polar surface area (TPSA) is 122 Å². The fourth-order valence-corrected chi connectivity index (χ4v) is 6.54. The van der Waals surface area contributed by atoms with Gasteiger partial charge in [0.15, 0.2) is 5.58 Å². The van der Waals surface area contributed by atoms with Gasteiger partial charge in [0.1, 0.15) is 17.0 Å². The molecule has 0 saturated carbocycles. The molecule has 9 nitrogen and oxygen atoms in total. The summed E-state index contributed by atoms with van der Waals surface area (Å²) in [7, 11) is 0. The second-order valence-corrected chi connectivity index (χ2v) is 12.6. The molecule has 2 heterocycles. The lowest BCUT2D eigenvalue weighted by Gasteiger charge is -2.15. The van der Waals surface area contributed by atoms with Gasteiger partial charge in [-0.05, 0) is 90.5 Å². The van der Waals surface area contributed by atoms with Gasteiger partial charge in [-0.1, -0.05) is 48.5 Å². The molecule has 1 aromatic heterocycles. The van der Waals surface area contributed by atoms with Crippen molar-refractivity contribution in [1.82, 2.24) is 10.3 Å². The Hall–Kier alpha value is -6.33. The molecule has 0 aliphatic carbocycles. The van der Waals surface area contributed by atoms with Crippen molar-refractivity contribution in [1.29, 1.82) is 0 Å². The van der Waals surface area contributed by atoms with E-state index >= 15 is 0 Å². The molecule has 2 N–H and O–H groups in total. The maximum absolute atomic E-state index is 13.9. The first-order valence-electron chi connectivity index (χ1n) is 15.6. The Morgan fingerprint density at radius 3 is 2.40 bits per heavy atom. The second kappa shape index (κ2) is 14.0. The maximum atomic E-state index is 13.9. The zero-order chi connectivity index (χ0) is 34.6. The van der Waals surface area contributed by atoms with Gasteiger partial charge in [0.05, 0.1) is 10.9 Å². The van der Waals surface area contributed by atoms with E-state index < -0.39 is 22.9 Å². The van der Waals surface area contributed by atoms with Crippen molar-refractivity contribution in [3.05, 3.63) is 150 Å². The fraction of sp³-hybridized carbons (Fsp3) is 0.0513. The quantitative estimate of drug-likeness (QED) is 0.120. The summed E-state index contributed by atoms with van der Waals surface area (Å²) < 4.78 is 19.8. The number of oxazole rings is 1. The molecule has 1 saturated heterocycles. The number of hydrogen-bond donors (Lipinski definition) is 2. The average Bonchev–Trinajstić information content (AvgIpc) is 3.68. The lowest BCUT2D eigenvalue weighted by atomic mass is 10.1. The fourth-order valence-electron chi connectivity index (χ4n) is 5.43. The second-order valence-electron chi connectivity index (χ2n) is 11.3. The van der Waals surface area contributed by atoms with E-state index in [1.165, 1.54) is 40.9 Å². The Labute approximate surface area is 289 Å². The van der Waals surface area contributed by atoms with Gasteiger partial charge in [-0.3, -0.25) is 19.2 Å². The number of nitrogens with zero attached hydrogens (tertiary/aromatic N) is 2. The number of nitrogens with one attached hydrogen (secondary N) is 2. The number of carbonyl (C=O) groups excluding carboxylic acids is 4. The molecule has 1 aliphatic rings. The molecule has 7 rings (SSSR count). The summed E-state index contributed by atoms with van der Waals surface area (Å²) in [6.07, 6.45) is 1.38. The molecule has 6 aromatic rings. The van der Waals surface area contributed by atoms with Crippen LogP contribution in [0.3, 0.4) is 0 Å². The minimum absolute atomic E-state index is 0.000986. The highest BCUT2D eigenvalue weighted by Crippen LogP contribution is 2.36. The summed E-state index contributed by atoms with van der Waals surface area (Å²) in [5.41, 5.74) is 3.56. The highest BCUT2D eigenvalue weighted by atomic mass is 32.2. The zero-order valence-corrected chi connectivity index (χ0v) is 27.0. The van der Waals surface area contributed by atoms with Crippen LogP contribution in [-0.4, -0.2) is 33.9 Å². The summed E-state index contributed by atoms with van der Waals surface area (Å²) >= 11 is 1.21. The molecule has 4 amide bonds. The van der Waals surface area contributed by atoms with Gasteiger partial charge < -0.3 is 15.1 Å². The highest BCUT2D eigenvalue weighted by Gasteiger charge is 2.40. The van der Waals surface area contributed by atoms with Crippen LogP contribution in [0, 0.1) is 5.82 Å². The van der Waals surface area contributed by atoms with Crippen LogP contribution >= 0.6 is 11.8 Å². The summed E-state index contributed by atoms with van der Waals surface area (Å²) in [6, 6.07) is 35.2. The third kappa shape index (κ3) is 7.08. The van der Waals surface area contributed by atoms with E-state index in [0.29, 0.717) is 44.4 Å². The van der Waals surface area contributed by atoms with E-state index in [0.717, 1.165) is 5.52 Å². The Kier molecular flexibility index (Phi) is 9.04. The van der Waals surface area contributed by atoms with E-state index in [2.05, 4.69) is 15.6 Å². The normalized spacial score (nSPS) is 14.6. The van der Waals surface area contributed by atoms with Crippen LogP contribution in [0.4, 0.5) is 15.8 Å². The van der Waals surface area contributed by atoms with Gasteiger partial charge in [-0.25, -0.2) is 14.3 Å². The minimum Gasteiger partial charge on any atom is -0.436 e. The van der Waals surface area contributed by atoms with Crippen LogP contribution in [0.5, 0.6) is 0 Å². The van der Waals surface area contributed by atoms with Crippen LogP contribution < -0.4 is 15.5 Å². The maximum Gasteiger partial charge on any atom is 0.272 e. The van der Waals surface area contributed by atoms with Crippen LogP contribution in [0.15, 0.2) is 142 Å². The number of thioether (sulfide) groups is 1. The predicted octanol–water partition coefficient (Wildman–Crippen LogP) is 7.47. The van der Waals surface area contributed by atoms with E-state index in [1.54, 1.807) is 84.9 Å². The number of rotatable bonds is 9. The summed E-state index contributed by atoms with van der Waals surface area (Å²) in [6.45, 7) is 0. The molecular weight excluding hydrogens is 656 g/mol. The first-order chi connectivity index (χ1) is 24.3. The van der Waals surface area contributed by atoms with Gasteiger partial charge in [-0.15, -0.1) is 11.8 Å². The number of para-hydroxylation sites is 2. The van der Waals surface area contributed by atoms with Crippen molar-refractivity contribution in [2.45, 2.75) is 16.6 Å². The average molecular weight is 683 g/mol. The Bertz CT molecular complexity index is 2250. The largest absolute Gasteiger partial charge is 0.436 e. The molecule has 0 spiro atoms. The van der Waals surface area contributed by atoms with Crippen LogP contribution in [0.25, 0.3) is 28.6 Å². The first kappa shape index (κ1) is 32.2. The third-order valence-corrected chi connectivity index (χ3v) is 9.01. The predicted molar refractivity (Wildman–Crippen MR) is 190 cm³/mol. The molecule has 246 valence electrons. The number of anilines is 2. The molecule has 5 aromatic carbocycles. The van der Waals surface area contributed by atoms with Gasteiger partial charge in [0, 0.05) is 28.1 Å². The van der Waals surface area contributed by atoms with Crippen LogP contribution in [0.2, 0.25) is 0 Å². The van der Waals surface area contributed by atoms with Crippen molar-refractivity contribution >= 4 is 63.9 Å². The van der Waals surface area contributed by atoms with Crippen molar-refractivity contribution in [3.8, 4) is 11.5 Å². The smallest absolute Gasteiger partial charge is 0.272 e. The lowest BCUT2D eigenvalue weighted by Crippen LogP contribution is -2.31. The number of benzene rings is 5. The standard InChI is InChI=1S/C39H27FN4O5S/c40-27-11-6-8-24(20-27)21-32(42-36(46)25-9-2-1-3-10-25)37(47)41-28-12-7-13-30(22-28)50-34-23-35(45)44(39(34)48)29-18-16-26(17-19-29)38-43-31-14-4-5-15-33(31)49-38/h1-22,34H,23H2,(H,41,47)(H,42,46). The molecule has 1 atom stereocenters. The zero-order valence-electron chi connectivity index (χ0n) is 26.2. The highest BCUT2D eigenvalue weighted by molar-refractivity contribution is 8.00. The lowest BCUT2D eigenvalue weighted by molar-refractivity contribution is -0.121. The number of amides is 4. The number of aromatic nitrogens is 1. The van der Waals surface area contributed by atoms with E-state index in [9.17, 15) is 23.6 Å². The molecule has 50 heavy (non-hydrogen) atoms. The van der Waals surface area contributed by atoms with Crippen molar-refractivity contribution in [3.63, 3.8) is 0 Å². The number of hydrogen-bond acceptors (Lipinski definition) is 7. The Morgan fingerprint density at radius 2 is 1.62 bits per heavy atom. The molecule has 0 radical (unpaired) electrons. The molecule has 1 fully saturated rings. The summed E-state index contributed by atoms with van der Waals surface area (Å²) in [4.78, 5) is 59.3. The number of imide groups is 1.